The molecule has 0 amide bonds. The van der Waals surface area contributed by atoms with Gasteiger partial charge in [-0.05, 0) is 29.5 Å². The third-order valence-electron chi connectivity index (χ3n) is 5.64. The first-order valence-corrected chi connectivity index (χ1v) is 11.6. The topological polar surface area (TPSA) is 20.2 Å². The number of aliphatic hydroxyl groups is 1. The molecule has 0 heterocycles. The van der Waals surface area contributed by atoms with E-state index in [0.717, 1.165) is 12.8 Å². The molecule has 1 N–H and O–H groups in total. The molecule has 5 rings (SSSR count). The van der Waals surface area contributed by atoms with Crippen molar-refractivity contribution in [3.8, 4) is 0 Å². The summed E-state index contributed by atoms with van der Waals surface area (Å²) < 4.78 is 2.09. The second-order valence-electron chi connectivity index (χ2n) is 7.41. The molecule has 0 radical (unpaired) electrons. The van der Waals surface area contributed by atoms with Gasteiger partial charge >= 0.3 is 34.9 Å². The second kappa shape index (κ2) is 12.0. The van der Waals surface area contributed by atoms with Crippen molar-refractivity contribution in [2.24, 2.45) is 0 Å². The van der Waals surface area contributed by atoms with Crippen molar-refractivity contribution in [3.63, 3.8) is 0 Å². The van der Waals surface area contributed by atoms with E-state index in [9.17, 15) is 5.11 Å². The van der Waals surface area contributed by atoms with Crippen LogP contribution in [0.4, 0.5) is 0 Å². The normalized spacial score (nSPS) is 14.1. The average molecular weight is 528 g/mol. The Bertz CT molecular complexity index is 1190. The quantitative estimate of drug-likeness (QED) is 0.381. The summed E-state index contributed by atoms with van der Waals surface area (Å²) in [6, 6.07) is 26.4. The number of hydrogen-bond acceptors (Lipinski definition) is 1. The van der Waals surface area contributed by atoms with Gasteiger partial charge in [0.25, 0.3) is 0 Å². The summed E-state index contributed by atoms with van der Waals surface area (Å²) in [6.45, 7) is 2.28. The molecule has 4 aromatic carbocycles. The largest absolute Gasteiger partial charge is 1.00 e. The van der Waals surface area contributed by atoms with Crippen molar-refractivity contribution in [3.05, 3.63) is 95.6 Å². The molecule has 31 heavy (non-hydrogen) atoms. The Hall–Kier alpha value is -1.44. The predicted octanol–water partition coefficient (Wildman–Crippen LogP) is 0.377. The van der Waals surface area contributed by atoms with Gasteiger partial charge in [0.1, 0.15) is 0 Å². The Balaban J connectivity index is 0.000000648. The fourth-order valence-electron chi connectivity index (χ4n) is 4.46. The van der Waals surface area contributed by atoms with Gasteiger partial charge in [0, 0.05) is 12.5 Å². The number of rotatable bonds is 4. The van der Waals surface area contributed by atoms with E-state index in [0.29, 0.717) is 5.92 Å². The monoisotopic (exact) mass is 525 g/mol. The third kappa shape index (κ3) is 5.15. The predicted molar refractivity (Wildman–Crippen MR) is 121 cm³/mol. The van der Waals surface area contributed by atoms with Gasteiger partial charge in [-0.1, -0.05) is 72.3 Å². The molecule has 1 atom stereocenters. The van der Waals surface area contributed by atoms with Crippen LogP contribution in [0.3, 0.4) is 0 Å². The molecule has 0 saturated heterocycles. The molecule has 158 valence electrons. The van der Waals surface area contributed by atoms with E-state index in [1.54, 1.807) is 0 Å². The van der Waals surface area contributed by atoms with Gasteiger partial charge in [-0.2, -0.15) is 0 Å². The molecule has 1 unspecified atom stereocenters. The van der Waals surface area contributed by atoms with E-state index in [2.05, 4.69) is 82.6 Å². The first-order valence-electron chi connectivity index (χ1n) is 10.2. The summed E-state index contributed by atoms with van der Waals surface area (Å²) in [7, 11) is 0. The van der Waals surface area contributed by atoms with Gasteiger partial charge in [-0.15, -0.1) is 33.7 Å². The van der Waals surface area contributed by atoms with Crippen molar-refractivity contribution in [1.29, 1.82) is 0 Å². The van der Waals surface area contributed by atoms with Crippen molar-refractivity contribution < 1.29 is 54.2 Å². The van der Waals surface area contributed by atoms with Crippen molar-refractivity contribution in [2.45, 2.75) is 25.7 Å². The zero-order valence-corrected chi connectivity index (χ0v) is 21.5. The van der Waals surface area contributed by atoms with E-state index in [-0.39, 0.29) is 31.4 Å². The number of fused-ring (bicyclic) bond motifs is 4. The van der Waals surface area contributed by atoms with E-state index < -0.39 is 0 Å². The van der Waals surface area contributed by atoms with Crippen molar-refractivity contribution in [2.75, 3.05) is 6.61 Å². The summed E-state index contributed by atoms with van der Waals surface area (Å²) in [4.78, 5) is 0. The SMILES string of the molecule is C[CH]=[Zr+2].OCCCC1=CC(c2cccc3c2[cH-]c2ccccc23)c2ccccc21.[Cl-].[Cl-]. The molecule has 4 aromatic rings. The fourth-order valence-corrected chi connectivity index (χ4v) is 4.46. The molecule has 1 aliphatic carbocycles. The Morgan fingerprint density at radius 2 is 1.55 bits per heavy atom. The van der Waals surface area contributed by atoms with Gasteiger partial charge in [0.15, 0.2) is 0 Å². The first-order chi connectivity index (χ1) is 14.3. The first kappa shape index (κ1) is 25.8. The smallest absolute Gasteiger partial charge is 0.0434 e. The fraction of sp³-hybridized carbons (Fsp3) is 0.185. The zero-order valence-electron chi connectivity index (χ0n) is 17.5. The van der Waals surface area contributed by atoms with E-state index in [4.69, 9.17) is 0 Å². The minimum atomic E-state index is 0. The Labute approximate surface area is 211 Å². The third-order valence-corrected chi connectivity index (χ3v) is 5.64. The number of hydrogen-bond donors (Lipinski definition) is 1. The average Bonchev–Trinajstić information content (AvgIpc) is 3.31. The molecule has 0 spiro atoms. The Morgan fingerprint density at radius 3 is 2.32 bits per heavy atom. The van der Waals surface area contributed by atoms with Crippen LogP contribution in [0.15, 0.2) is 78.9 Å². The van der Waals surface area contributed by atoms with E-state index in [1.807, 2.05) is 6.92 Å². The molecule has 0 fully saturated rings. The molecule has 0 bridgehead atoms. The van der Waals surface area contributed by atoms with Crippen LogP contribution in [0.2, 0.25) is 0 Å². The molecule has 4 heteroatoms. The summed E-state index contributed by atoms with van der Waals surface area (Å²) >= 11 is 1.51. The zero-order chi connectivity index (χ0) is 20.2. The van der Waals surface area contributed by atoms with E-state index in [1.165, 1.54) is 68.0 Å². The van der Waals surface area contributed by atoms with Crippen LogP contribution >= 0.6 is 0 Å². The Morgan fingerprint density at radius 1 is 0.903 bits per heavy atom. The van der Waals surface area contributed by atoms with E-state index >= 15 is 0 Å². The number of allylic oxidation sites excluding steroid dienone is 2. The summed E-state index contributed by atoms with van der Waals surface area (Å²) in [6.07, 6.45) is 4.16. The van der Waals surface area contributed by atoms with Crippen LogP contribution in [0.1, 0.15) is 42.4 Å². The summed E-state index contributed by atoms with van der Waals surface area (Å²) in [5.74, 6) is 0.292. The second-order valence-corrected chi connectivity index (χ2v) is 8.83. The van der Waals surface area contributed by atoms with Gasteiger partial charge in [-0.25, -0.2) is 0 Å². The molecular formula is C27H25Cl2OZr-. The molecule has 1 aliphatic rings. The van der Waals surface area contributed by atoms with Gasteiger partial charge in [-0.3, -0.25) is 0 Å². The maximum atomic E-state index is 9.25. The van der Waals surface area contributed by atoms with Crippen LogP contribution < -0.4 is 24.8 Å². The molecule has 0 saturated carbocycles. The maximum absolute atomic E-state index is 9.25. The van der Waals surface area contributed by atoms with Crippen LogP contribution in [0.5, 0.6) is 0 Å². The van der Waals surface area contributed by atoms with Crippen LogP contribution in [0, 0.1) is 0 Å². The minimum Gasteiger partial charge on any atom is -1.00 e. The number of aliphatic hydroxyl groups excluding tert-OH is 1. The minimum absolute atomic E-state index is 0. The van der Waals surface area contributed by atoms with Crippen molar-refractivity contribution >= 4 is 30.8 Å². The van der Waals surface area contributed by atoms with Crippen LogP contribution in [0.25, 0.3) is 27.1 Å². The standard InChI is InChI=1S/C25H21O.C2H4.2ClH.Zr/c26-14-6-8-18-16-24(21-11-4-3-10-20(18)21)23-13-5-12-22-19-9-2-1-7-17(19)15-25(22)23;1-2;;;/h1-5,7,9-13,15-16,24,26H,6,8,14H2;1H,2H3;2*1H;/q-1;;;;+2/p-2. The summed E-state index contributed by atoms with van der Waals surface area (Å²) in [5, 5.41) is 14.6. The van der Waals surface area contributed by atoms with Crippen LogP contribution in [-0.2, 0) is 24.2 Å². The molecule has 1 nitrogen and oxygen atoms in total. The van der Waals surface area contributed by atoms with Crippen LogP contribution in [-0.4, -0.2) is 15.4 Å². The summed E-state index contributed by atoms with van der Waals surface area (Å²) in [5.41, 5.74) is 5.48. The van der Waals surface area contributed by atoms with Gasteiger partial charge in [0.05, 0.1) is 0 Å². The molecule has 0 aliphatic heterocycles. The van der Waals surface area contributed by atoms with Crippen molar-refractivity contribution in [1.82, 2.24) is 0 Å². The number of halogens is 2. The number of benzene rings is 3. The molecular weight excluding hydrogens is 502 g/mol. The van der Waals surface area contributed by atoms with Gasteiger partial charge in [0.2, 0.25) is 0 Å². The molecule has 0 aromatic heterocycles. The maximum Gasteiger partial charge on any atom is 0.0434 e. The van der Waals surface area contributed by atoms with Gasteiger partial charge < -0.3 is 29.9 Å². The Kier molecular flexibility index (Phi) is 9.98.